The van der Waals surface area contributed by atoms with Gasteiger partial charge in [0.05, 0.1) is 24.0 Å². The summed E-state index contributed by atoms with van der Waals surface area (Å²) in [4.78, 5) is 7.71. The van der Waals surface area contributed by atoms with Crippen molar-refractivity contribution < 1.29 is 4.74 Å². The molecule has 0 aliphatic carbocycles. The molecule has 0 aliphatic heterocycles. The summed E-state index contributed by atoms with van der Waals surface area (Å²) < 4.78 is 5.16. The van der Waals surface area contributed by atoms with Crippen molar-refractivity contribution in [3.63, 3.8) is 0 Å². The Morgan fingerprint density at radius 3 is 2.55 bits per heavy atom. The molecule has 3 nitrogen and oxygen atoms in total. The molecule has 0 saturated heterocycles. The second-order valence-corrected chi connectivity index (χ2v) is 5.74. The Bertz CT molecular complexity index is 782. The van der Waals surface area contributed by atoms with E-state index in [0.717, 1.165) is 34.8 Å². The number of nitrogens with zero attached hydrogens (tertiary/aromatic N) is 1. The van der Waals surface area contributed by atoms with Crippen LogP contribution in [-0.4, -0.2) is 17.1 Å². The van der Waals surface area contributed by atoms with Crippen LogP contribution >= 0.6 is 23.2 Å². The van der Waals surface area contributed by atoms with Crippen molar-refractivity contribution in [2.45, 2.75) is 6.42 Å². The number of rotatable bonds is 4. The Morgan fingerprint density at radius 2 is 1.86 bits per heavy atom. The van der Waals surface area contributed by atoms with E-state index in [-0.39, 0.29) is 0 Å². The summed E-state index contributed by atoms with van der Waals surface area (Å²) in [6.45, 7) is 0. The molecular weight excluding hydrogens is 319 g/mol. The van der Waals surface area contributed by atoms with Gasteiger partial charge in [-0.25, -0.2) is 4.98 Å². The molecule has 0 radical (unpaired) electrons. The van der Waals surface area contributed by atoms with Crippen LogP contribution in [0, 0.1) is 0 Å². The molecule has 0 saturated carbocycles. The van der Waals surface area contributed by atoms with Crippen LogP contribution in [0.4, 0.5) is 0 Å². The quantitative estimate of drug-likeness (QED) is 0.731. The van der Waals surface area contributed by atoms with Crippen molar-refractivity contribution >= 4 is 23.2 Å². The number of hydrogen-bond acceptors (Lipinski definition) is 2. The highest BCUT2D eigenvalue weighted by atomic mass is 35.5. The van der Waals surface area contributed by atoms with Crippen LogP contribution in [0.2, 0.25) is 10.0 Å². The summed E-state index contributed by atoms with van der Waals surface area (Å²) >= 11 is 12.1. The molecule has 112 valence electrons. The maximum Gasteiger partial charge on any atom is 0.118 e. The number of H-pyrrole nitrogens is 1. The van der Waals surface area contributed by atoms with E-state index in [0.29, 0.717) is 10.0 Å². The van der Waals surface area contributed by atoms with Gasteiger partial charge in [0.1, 0.15) is 11.6 Å². The highest BCUT2D eigenvalue weighted by Crippen LogP contribution is 2.29. The summed E-state index contributed by atoms with van der Waals surface area (Å²) in [5.74, 6) is 1.73. The molecule has 22 heavy (non-hydrogen) atoms. The molecule has 3 rings (SSSR count). The Kier molecular flexibility index (Phi) is 4.36. The third-order valence-electron chi connectivity index (χ3n) is 3.38. The Hall–Kier alpha value is -1.97. The van der Waals surface area contributed by atoms with Gasteiger partial charge in [-0.05, 0) is 35.9 Å². The lowest BCUT2D eigenvalue weighted by Crippen LogP contribution is -1.91. The molecule has 3 aromatic rings. The molecular formula is C17H14Cl2N2O. The smallest absolute Gasteiger partial charge is 0.118 e. The molecule has 0 aliphatic rings. The van der Waals surface area contributed by atoms with Gasteiger partial charge in [0.25, 0.3) is 0 Å². The fourth-order valence-electron chi connectivity index (χ4n) is 2.23. The van der Waals surface area contributed by atoms with E-state index < -0.39 is 0 Å². The third-order valence-corrected chi connectivity index (χ3v) is 3.93. The van der Waals surface area contributed by atoms with E-state index >= 15 is 0 Å². The molecule has 0 spiro atoms. The summed E-state index contributed by atoms with van der Waals surface area (Å²) in [6, 6.07) is 13.3. The summed E-state index contributed by atoms with van der Waals surface area (Å²) in [6.07, 6.45) is 2.50. The molecule has 0 amide bonds. The summed E-state index contributed by atoms with van der Waals surface area (Å²) in [5.41, 5.74) is 2.92. The van der Waals surface area contributed by atoms with Gasteiger partial charge in [0, 0.05) is 17.0 Å². The molecule has 2 aromatic carbocycles. The van der Waals surface area contributed by atoms with Crippen molar-refractivity contribution in [1.82, 2.24) is 9.97 Å². The van der Waals surface area contributed by atoms with Crippen molar-refractivity contribution in [3.8, 4) is 17.0 Å². The van der Waals surface area contributed by atoms with E-state index in [4.69, 9.17) is 27.9 Å². The number of hydrogen-bond donors (Lipinski definition) is 1. The fraction of sp³-hybridized carbons (Fsp3) is 0.118. The highest BCUT2D eigenvalue weighted by molar-refractivity contribution is 6.36. The first-order valence-corrected chi connectivity index (χ1v) is 7.53. The standard InChI is InChI=1S/C17H14Cl2N2O/c1-22-13-5-2-11(3-6-13)8-17-20-10-16(21-17)14-7-4-12(18)9-15(14)19/h2-7,9-10H,8H2,1H3,(H,20,21). The van der Waals surface area contributed by atoms with Gasteiger partial charge < -0.3 is 9.72 Å². The molecule has 0 atom stereocenters. The van der Waals surface area contributed by atoms with Gasteiger partial charge >= 0.3 is 0 Å². The van der Waals surface area contributed by atoms with Gasteiger partial charge in [0.2, 0.25) is 0 Å². The number of halogens is 2. The molecule has 0 fully saturated rings. The molecule has 0 unspecified atom stereocenters. The third kappa shape index (κ3) is 3.26. The van der Waals surface area contributed by atoms with E-state index in [9.17, 15) is 0 Å². The van der Waals surface area contributed by atoms with Crippen LogP contribution in [0.15, 0.2) is 48.7 Å². The zero-order chi connectivity index (χ0) is 15.5. The van der Waals surface area contributed by atoms with E-state index in [1.165, 1.54) is 0 Å². The largest absolute Gasteiger partial charge is 0.497 e. The zero-order valence-electron chi connectivity index (χ0n) is 11.9. The number of aromatic amines is 1. The van der Waals surface area contributed by atoms with Gasteiger partial charge in [-0.1, -0.05) is 35.3 Å². The second kappa shape index (κ2) is 6.42. The van der Waals surface area contributed by atoms with Gasteiger partial charge in [-0.3, -0.25) is 0 Å². The molecule has 1 N–H and O–H groups in total. The minimum Gasteiger partial charge on any atom is -0.497 e. The normalized spacial score (nSPS) is 10.7. The Morgan fingerprint density at radius 1 is 1.09 bits per heavy atom. The SMILES string of the molecule is COc1ccc(Cc2ncc(-c3ccc(Cl)cc3Cl)[nH]2)cc1. The number of imidazole rings is 1. The Balaban J connectivity index is 1.81. The van der Waals surface area contributed by atoms with Crippen LogP contribution in [-0.2, 0) is 6.42 Å². The lowest BCUT2D eigenvalue weighted by Gasteiger charge is -2.03. The maximum atomic E-state index is 6.22. The topological polar surface area (TPSA) is 37.9 Å². The van der Waals surface area contributed by atoms with Crippen molar-refractivity contribution in [3.05, 3.63) is 70.1 Å². The fourth-order valence-corrected chi connectivity index (χ4v) is 2.74. The number of ether oxygens (including phenoxy) is 1. The first kappa shape index (κ1) is 14.9. The summed E-state index contributed by atoms with van der Waals surface area (Å²) in [7, 11) is 1.66. The number of aromatic nitrogens is 2. The predicted octanol–water partition coefficient (Wildman–Crippen LogP) is 4.98. The monoisotopic (exact) mass is 332 g/mol. The van der Waals surface area contributed by atoms with Crippen molar-refractivity contribution in [2.24, 2.45) is 0 Å². The van der Waals surface area contributed by atoms with E-state index in [2.05, 4.69) is 9.97 Å². The molecule has 1 heterocycles. The van der Waals surface area contributed by atoms with Gasteiger partial charge in [-0.2, -0.15) is 0 Å². The number of benzene rings is 2. The van der Waals surface area contributed by atoms with Crippen molar-refractivity contribution in [2.75, 3.05) is 7.11 Å². The average Bonchev–Trinajstić information content (AvgIpc) is 2.96. The van der Waals surface area contributed by atoms with Gasteiger partial charge in [-0.15, -0.1) is 0 Å². The molecule has 5 heteroatoms. The minimum atomic E-state index is 0.604. The van der Waals surface area contributed by atoms with E-state index in [1.54, 1.807) is 19.4 Å². The van der Waals surface area contributed by atoms with E-state index in [1.807, 2.05) is 36.4 Å². The predicted molar refractivity (Wildman–Crippen MR) is 89.8 cm³/mol. The number of methoxy groups -OCH3 is 1. The van der Waals surface area contributed by atoms with Crippen LogP contribution in [0.25, 0.3) is 11.3 Å². The van der Waals surface area contributed by atoms with Crippen LogP contribution < -0.4 is 4.74 Å². The zero-order valence-corrected chi connectivity index (χ0v) is 13.4. The first-order valence-electron chi connectivity index (χ1n) is 6.78. The second-order valence-electron chi connectivity index (χ2n) is 4.89. The Labute approximate surface area is 138 Å². The summed E-state index contributed by atoms with van der Waals surface area (Å²) in [5, 5.41) is 1.22. The van der Waals surface area contributed by atoms with Crippen molar-refractivity contribution in [1.29, 1.82) is 0 Å². The number of nitrogens with one attached hydrogen (secondary N) is 1. The first-order chi connectivity index (χ1) is 10.7. The lowest BCUT2D eigenvalue weighted by molar-refractivity contribution is 0.414. The van der Waals surface area contributed by atoms with Crippen LogP contribution in [0.1, 0.15) is 11.4 Å². The van der Waals surface area contributed by atoms with Gasteiger partial charge in [0.15, 0.2) is 0 Å². The van der Waals surface area contributed by atoms with Crippen LogP contribution in [0.5, 0.6) is 5.75 Å². The minimum absolute atomic E-state index is 0.604. The van der Waals surface area contributed by atoms with Crippen LogP contribution in [0.3, 0.4) is 0 Å². The highest BCUT2D eigenvalue weighted by Gasteiger charge is 2.08. The maximum absolute atomic E-state index is 6.22. The lowest BCUT2D eigenvalue weighted by atomic mass is 10.1. The molecule has 1 aromatic heterocycles. The average molecular weight is 333 g/mol. The molecule has 0 bridgehead atoms.